The summed E-state index contributed by atoms with van der Waals surface area (Å²) >= 11 is 1.25. The van der Waals surface area contributed by atoms with Gasteiger partial charge in [0.05, 0.1) is 13.7 Å². The number of rotatable bonds is 6. The van der Waals surface area contributed by atoms with Crippen LogP contribution in [0.4, 0.5) is 5.13 Å². The predicted molar refractivity (Wildman–Crippen MR) is 82.1 cm³/mol. The van der Waals surface area contributed by atoms with Gasteiger partial charge in [0.15, 0.2) is 5.13 Å². The highest BCUT2D eigenvalue weighted by Gasteiger charge is 2.21. The second-order valence-corrected chi connectivity index (χ2v) is 5.16. The van der Waals surface area contributed by atoms with E-state index in [1.54, 1.807) is 35.8 Å². The minimum Gasteiger partial charge on any atom is -0.497 e. The van der Waals surface area contributed by atoms with Crippen molar-refractivity contribution in [1.29, 1.82) is 0 Å². The van der Waals surface area contributed by atoms with E-state index in [-0.39, 0.29) is 0 Å². The number of hydrogen-bond donors (Lipinski definition) is 3. The van der Waals surface area contributed by atoms with E-state index in [0.717, 1.165) is 0 Å². The van der Waals surface area contributed by atoms with Gasteiger partial charge in [-0.05, 0) is 18.2 Å². The zero-order valence-corrected chi connectivity index (χ0v) is 12.6. The van der Waals surface area contributed by atoms with Gasteiger partial charge < -0.3 is 20.5 Å². The van der Waals surface area contributed by atoms with E-state index in [2.05, 4.69) is 15.6 Å². The minimum atomic E-state index is -1.07. The van der Waals surface area contributed by atoms with Crippen LogP contribution in [0.3, 0.4) is 0 Å². The lowest BCUT2D eigenvalue weighted by Gasteiger charge is -2.15. The molecular weight excluding hydrogens is 306 g/mol. The van der Waals surface area contributed by atoms with Gasteiger partial charge in [0.1, 0.15) is 11.8 Å². The maximum atomic E-state index is 12.1. The third-order valence-corrected chi connectivity index (χ3v) is 3.49. The summed E-state index contributed by atoms with van der Waals surface area (Å²) in [5, 5.41) is 16.4. The number of benzene rings is 1. The fourth-order valence-corrected chi connectivity index (χ4v) is 2.21. The van der Waals surface area contributed by atoms with Crippen molar-refractivity contribution < 1.29 is 19.4 Å². The van der Waals surface area contributed by atoms with Gasteiger partial charge in [-0.3, -0.25) is 9.59 Å². The summed E-state index contributed by atoms with van der Waals surface area (Å²) in [5.41, 5.74) is 0.333. The first-order valence-electron chi connectivity index (χ1n) is 6.40. The maximum Gasteiger partial charge on any atom is 0.252 e. The van der Waals surface area contributed by atoms with Crippen LogP contribution in [0.2, 0.25) is 0 Å². The van der Waals surface area contributed by atoms with Crippen molar-refractivity contribution in [3.8, 4) is 5.75 Å². The number of carbonyl (C=O) groups is 2. The molecule has 0 radical (unpaired) electrons. The number of carbonyl (C=O) groups excluding carboxylic acids is 2. The Bertz CT molecular complexity index is 645. The van der Waals surface area contributed by atoms with Crippen LogP contribution in [-0.4, -0.2) is 41.7 Å². The highest BCUT2D eigenvalue weighted by atomic mass is 32.1. The lowest BCUT2D eigenvalue weighted by Crippen LogP contribution is -2.46. The molecular formula is C14H15N3O4S. The first-order chi connectivity index (χ1) is 10.6. The van der Waals surface area contributed by atoms with Crippen LogP contribution in [0.5, 0.6) is 5.75 Å². The van der Waals surface area contributed by atoms with Gasteiger partial charge in [0.2, 0.25) is 0 Å². The molecule has 1 heterocycles. The molecule has 0 bridgehead atoms. The van der Waals surface area contributed by atoms with Crippen LogP contribution in [0.15, 0.2) is 35.8 Å². The van der Waals surface area contributed by atoms with Crippen LogP contribution in [0.1, 0.15) is 10.4 Å². The Morgan fingerprint density at radius 3 is 2.91 bits per heavy atom. The molecule has 0 saturated carbocycles. The number of aromatic nitrogens is 1. The van der Waals surface area contributed by atoms with Gasteiger partial charge in [-0.25, -0.2) is 4.98 Å². The lowest BCUT2D eigenvalue weighted by atomic mass is 10.2. The first-order valence-corrected chi connectivity index (χ1v) is 7.28. The molecule has 0 spiro atoms. The molecule has 22 heavy (non-hydrogen) atoms. The second-order valence-electron chi connectivity index (χ2n) is 4.27. The molecule has 7 nitrogen and oxygen atoms in total. The number of anilines is 1. The second kappa shape index (κ2) is 7.53. The molecule has 1 atom stereocenters. The fraction of sp³-hybridized carbons (Fsp3) is 0.214. The summed E-state index contributed by atoms with van der Waals surface area (Å²) in [6.07, 6.45) is 1.54. The molecule has 3 N–H and O–H groups in total. The van der Waals surface area contributed by atoms with Crippen molar-refractivity contribution in [2.75, 3.05) is 19.0 Å². The SMILES string of the molecule is COc1cccc(C(=O)NC(CO)C(=O)Nc2nccs2)c1. The molecule has 0 aliphatic heterocycles. The monoisotopic (exact) mass is 321 g/mol. The van der Waals surface area contributed by atoms with Gasteiger partial charge in [-0.15, -0.1) is 11.3 Å². The number of aliphatic hydroxyl groups excluding tert-OH is 1. The molecule has 1 unspecified atom stereocenters. The van der Waals surface area contributed by atoms with Crippen LogP contribution in [0, 0.1) is 0 Å². The highest BCUT2D eigenvalue weighted by molar-refractivity contribution is 7.13. The van der Waals surface area contributed by atoms with Crippen molar-refractivity contribution >= 4 is 28.3 Å². The lowest BCUT2D eigenvalue weighted by molar-refractivity contribution is -0.118. The van der Waals surface area contributed by atoms with Crippen molar-refractivity contribution in [3.63, 3.8) is 0 Å². The van der Waals surface area contributed by atoms with E-state index in [1.165, 1.54) is 18.4 Å². The Morgan fingerprint density at radius 1 is 1.45 bits per heavy atom. The quantitative estimate of drug-likeness (QED) is 0.733. The summed E-state index contributed by atoms with van der Waals surface area (Å²) in [6, 6.07) is 5.43. The molecule has 0 saturated heterocycles. The number of methoxy groups -OCH3 is 1. The number of thiazole rings is 1. The molecule has 0 fully saturated rings. The van der Waals surface area contributed by atoms with Gasteiger partial charge in [0.25, 0.3) is 11.8 Å². The molecule has 0 aliphatic rings. The molecule has 2 amide bonds. The highest BCUT2D eigenvalue weighted by Crippen LogP contribution is 2.13. The number of ether oxygens (including phenoxy) is 1. The Morgan fingerprint density at radius 2 is 2.27 bits per heavy atom. The van der Waals surface area contributed by atoms with Gasteiger partial charge in [0, 0.05) is 17.1 Å². The third-order valence-electron chi connectivity index (χ3n) is 2.80. The molecule has 2 aromatic rings. The summed E-state index contributed by atoms with van der Waals surface area (Å²) in [4.78, 5) is 28.0. The summed E-state index contributed by atoms with van der Waals surface area (Å²) < 4.78 is 5.04. The van der Waals surface area contributed by atoms with E-state index < -0.39 is 24.5 Å². The molecule has 1 aromatic heterocycles. The Kier molecular flexibility index (Phi) is 5.45. The third kappa shape index (κ3) is 4.03. The number of aliphatic hydroxyl groups is 1. The van der Waals surface area contributed by atoms with Gasteiger partial charge in [-0.1, -0.05) is 6.07 Å². The summed E-state index contributed by atoms with van der Waals surface area (Å²) in [7, 11) is 1.50. The average molecular weight is 321 g/mol. The molecule has 2 rings (SSSR count). The van der Waals surface area contributed by atoms with E-state index in [4.69, 9.17) is 4.74 Å². The Labute approximate surface area is 131 Å². The van der Waals surface area contributed by atoms with E-state index in [0.29, 0.717) is 16.4 Å². The number of nitrogens with one attached hydrogen (secondary N) is 2. The maximum absolute atomic E-state index is 12.1. The number of amides is 2. The van der Waals surface area contributed by atoms with Gasteiger partial charge >= 0.3 is 0 Å². The van der Waals surface area contributed by atoms with Crippen LogP contribution in [-0.2, 0) is 4.79 Å². The summed E-state index contributed by atoms with van der Waals surface area (Å²) in [5.74, 6) is -0.485. The van der Waals surface area contributed by atoms with Crippen LogP contribution >= 0.6 is 11.3 Å². The number of nitrogens with zero attached hydrogens (tertiary/aromatic N) is 1. The Hall–Kier alpha value is -2.45. The minimum absolute atomic E-state index is 0.333. The Balaban J connectivity index is 2.02. The van der Waals surface area contributed by atoms with Crippen molar-refractivity contribution in [2.45, 2.75) is 6.04 Å². The zero-order chi connectivity index (χ0) is 15.9. The molecule has 0 aliphatic carbocycles. The summed E-state index contributed by atoms with van der Waals surface area (Å²) in [6.45, 7) is -0.521. The predicted octanol–water partition coefficient (Wildman–Crippen LogP) is 0.881. The van der Waals surface area contributed by atoms with Gasteiger partial charge in [-0.2, -0.15) is 0 Å². The van der Waals surface area contributed by atoms with E-state index in [1.807, 2.05) is 0 Å². The smallest absolute Gasteiger partial charge is 0.252 e. The molecule has 8 heteroatoms. The fourth-order valence-electron chi connectivity index (χ4n) is 1.68. The van der Waals surface area contributed by atoms with Crippen molar-refractivity contribution in [1.82, 2.24) is 10.3 Å². The van der Waals surface area contributed by atoms with Crippen molar-refractivity contribution in [2.24, 2.45) is 0 Å². The topological polar surface area (TPSA) is 101 Å². The average Bonchev–Trinajstić information content (AvgIpc) is 3.05. The van der Waals surface area contributed by atoms with Crippen LogP contribution < -0.4 is 15.4 Å². The number of hydrogen-bond acceptors (Lipinski definition) is 6. The molecule has 1 aromatic carbocycles. The first kappa shape index (κ1) is 15.9. The largest absolute Gasteiger partial charge is 0.497 e. The standard InChI is InChI=1S/C14H15N3O4S/c1-21-10-4-2-3-9(7-10)12(19)16-11(8-18)13(20)17-14-15-5-6-22-14/h2-7,11,18H,8H2,1H3,(H,16,19)(H,15,17,20). The zero-order valence-electron chi connectivity index (χ0n) is 11.8. The van der Waals surface area contributed by atoms with E-state index in [9.17, 15) is 14.7 Å². The van der Waals surface area contributed by atoms with Crippen LogP contribution in [0.25, 0.3) is 0 Å². The van der Waals surface area contributed by atoms with Crippen molar-refractivity contribution in [3.05, 3.63) is 41.4 Å². The molecule has 116 valence electrons. The normalized spacial score (nSPS) is 11.5. The van der Waals surface area contributed by atoms with E-state index >= 15 is 0 Å².